The molecule has 0 radical (unpaired) electrons. The average molecular weight is 525 g/mol. The molecule has 1 aromatic carbocycles. The van der Waals surface area contributed by atoms with Crippen molar-refractivity contribution in [3.8, 4) is 17.3 Å². The Morgan fingerprint density at radius 2 is 1.75 bits per heavy atom. The average Bonchev–Trinajstić information content (AvgIpc) is 2.85. The molecule has 0 amide bonds. The maximum atomic E-state index is 16.0. The Bertz CT molecular complexity index is 1230. The van der Waals surface area contributed by atoms with Gasteiger partial charge in [-0.15, -0.1) is 0 Å². The summed E-state index contributed by atoms with van der Waals surface area (Å²) in [5.41, 5.74) is 4.28. The maximum Gasteiger partial charge on any atom is 0.318 e. The first kappa shape index (κ1) is 27.7. The van der Waals surface area contributed by atoms with Crippen LogP contribution in [-0.4, -0.2) is 41.7 Å². The van der Waals surface area contributed by atoms with Gasteiger partial charge in [0.25, 0.3) is 0 Å². The van der Waals surface area contributed by atoms with Crippen molar-refractivity contribution in [2.24, 2.45) is 5.92 Å². The van der Waals surface area contributed by atoms with E-state index in [1.807, 2.05) is 6.92 Å². The summed E-state index contributed by atoms with van der Waals surface area (Å²) in [5.74, 6) is -2.16. The molecule has 4 N–H and O–H groups in total. The van der Waals surface area contributed by atoms with Gasteiger partial charge in [0.15, 0.2) is 17.5 Å². The Hall–Kier alpha value is -2.85. The van der Waals surface area contributed by atoms with Gasteiger partial charge >= 0.3 is 6.01 Å². The summed E-state index contributed by atoms with van der Waals surface area (Å²) in [6.45, 7) is 9.63. The number of halogens is 4. The lowest BCUT2D eigenvalue weighted by Crippen LogP contribution is -2.24. The minimum Gasteiger partial charge on any atom is -0.467 e. The molecule has 0 aliphatic heterocycles. The second-order valence-corrected chi connectivity index (χ2v) is 9.35. The molecule has 7 nitrogen and oxygen atoms in total. The topological polar surface area (TPSA) is 98.0 Å². The highest BCUT2D eigenvalue weighted by Gasteiger charge is 2.28. The lowest BCUT2D eigenvalue weighted by atomic mass is 10.0. The predicted molar refractivity (Wildman–Crippen MR) is 138 cm³/mol. The van der Waals surface area contributed by atoms with Crippen LogP contribution in [0.5, 0.6) is 6.01 Å². The quantitative estimate of drug-likeness (QED) is 0.220. The molecule has 0 unspecified atom stereocenters. The van der Waals surface area contributed by atoms with Gasteiger partial charge in [0, 0.05) is 18.7 Å². The molecule has 0 atom stereocenters. The van der Waals surface area contributed by atoms with E-state index in [4.69, 9.17) is 22.1 Å². The van der Waals surface area contributed by atoms with Gasteiger partial charge in [-0.3, -0.25) is 0 Å². The molecule has 0 fully saturated rings. The van der Waals surface area contributed by atoms with Crippen LogP contribution in [0.4, 0.5) is 24.7 Å². The van der Waals surface area contributed by atoms with Crippen molar-refractivity contribution in [2.45, 2.75) is 47.0 Å². The number of aromatic nitrogens is 3. The van der Waals surface area contributed by atoms with E-state index in [9.17, 15) is 4.39 Å². The van der Waals surface area contributed by atoms with Crippen LogP contribution < -0.4 is 21.1 Å². The van der Waals surface area contributed by atoms with Crippen LogP contribution in [0.25, 0.3) is 22.2 Å². The molecule has 0 aliphatic carbocycles. The normalized spacial score (nSPS) is 11.5. The molecule has 11 heteroatoms. The molecule has 3 rings (SSSR count). The molecule has 0 saturated heterocycles. The molecule has 2 heterocycles. The number of nitrogens with zero attached hydrogens (tertiary/aromatic N) is 3. The van der Waals surface area contributed by atoms with Crippen molar-refractivity contribution in [1.29, 1.82) is 0 Å². The summed E-state index contributed by atoms with van der Waals surface area (Å²) < 4.78 is 50.5. The fraction of sp³-hybridized carbons (Fsp3) is 0.480. The molecule has 0 saturated carbocycles. The Morgan fingerprint density at radius 3 is 2.39 bits per heavy atom. The Kier molecular flexibility index (Phi) is 9.19. The van der Waals surface area contributed by atoms with Crippen LogP contribution in [-0.2, 0) is 6.42 Å². The van der Waals surface area contributed by atoms with E-state index in [-0.39, 0.29) is 22.1 Å². The standard InChI is InChI=1S/C25H32ClF3N6O/c1-6-7-14-15-22(34-25(36-5)35-24(15)32-11-10-31-9-8-12(2)3)20(29)23(33-14)16-17(26)13(4)18(27)21(30)19(16)28/h12,31H,6-11,30H2,1-5H3,(H,32,34,35). The van der Waals surface area contributed by atoms with Gasteiger partial charge in [-0.2, -0.15) is 9.97 Å². The summed E-state index contributed by atoms with van der Waals surface area (Å²) in [6, 6.07) is -0.0716. The Balaban J connectivity index is 2.16. The van der Waals surface area contributed by atoms with Gasteiger partial charge in [-0.05, 0) is 32.2 Å². The van der Waals surface area contributed by atoms with Gasteiger partial charge < -0.3 is 21.1 Å². The number of anilines is 2. The number of benzene rings is 1. The number of pyridine rings is 1. The zero-order valence-corrected chi connectivity index (χ0v) is 21.9. The van der Waals surface area contributed by atoms with E-state index in [2.05, 4.69) is 39.4 Å². The van der Waals surface area contributed by atoms with Crippen molar-refractivity contribution in [1.82, 2.24) is 20.3 Å². The van der Waals surface area contributed by atoms with Crippen molar-refractivity contribution in [3.05, 3.63) is 33.7 Å². The van der Waals surface area contributed by atoms with E-state index in [1.165, 1.54) is 14.0 Å². The third-order valence-corrected chi connectivity index (χ3v) is 6.28. The second-order valence-electron chi connectivity index (χ2n) is 8.97. The number of aryl methyl sites for hydroxylation is 1. The highest BCUT2D eigenvalue weighted by atomic mass is 35.5. The summed E-state index contributed by atoms with van der Waals surface area (Å²) in [7, 11) is 1.37. The third kappa shape index (κ3) is 5.59. The van der Waals surface area contributed by atoms with Crippen LogP contribution in [0.15, 0.2) is 0 Å². The predicted octanol–water partition coefficient (Wildman–Crippen LogP) is 5.66. The van der Waals surface area contributed by atoms with E-state index in [0.717, 1.165) is 13.0 Å². The van der Waals surface area contributed by atoms with Crippen LogP contribution in [0.1, 0.15) is 44.9 Å². The van der Waals surface area contributed by atoms with Crippen molar-refractivity contribution in [2.75, 3.05) is 37.8 Å². The Morgan fingerprint density at radius 1 is 1.03 bits per heavy atom. The number of hydrogen-bond acceptors (Lipinski definition) is 7. The molecule has 0 spiro atoms. The van der Waals surface area contributed by atoms with Crippen LogP contribution in [0.3, 0.4) is 0 Å². The van der Waals surface area contributed by atoms with Crippen molar-refractivity contribution < 1.29 is 17.9 Å². The number of fused-ring (bicyclic) bond motifs is 1. The first-order chi connectivity index (χ1) is 17.1. The fourth-order valence-electron chi connectivity index (χ4n) is 3.83. The van der Waals surface area contributed by atoms with E-state index < -0.39 is 34.4 Å². The molecule has 0 aliphatic rings. The summed E-state index contributed by atoms with van der Waals surface area (Å²) in [4.78, 5) is 13.0. The first-order valence-electron chi connectivity index (χ1n) is 11.9. The molecule has 3 aromatic rings. The van der Waals surface area contributed by atoms with E-state index in [0.29, 0.717) is 48.7 Å². The van der Waals surface area contributed by atoms with Crippen molar-refractivity contribution in [3.63, 3.8) is 0 Å². The highest BCUT2D eigenvalue weighted by molar-refractivity contribution is 6.34. The van der Waals surface area contributed by atoms with E-state index in [1.54, 1.807) is 0 Å². The summed E-state index contributed by atoms with van der Waals surface area (Å²) in [6.07, 6.45) is 2.14. The molecule has 36 heavy (non-hydrogen) atoms. The second kappa shape index (κ2) is 11.9. The highest BCUT2D eigenvalue weighted by Crippen LogP contribution is 2.41. The SMILES string of the molecule is CCCc1nc(-c2c(F)c(N)c(F)c(C)c2Cl)c(F)c2nc(OC)nc(NCCNCCC(C)C)c12. The molecular weight excluding hydrogens is 493 g/mol. The smallest absolute Gasteiger partial charge is 0.318 e. The zero-order valence-electron chi connectivity index (χ0n) is 21.2. The first-order valence-corrected chi connectivity index (χ1v) is 12.3. The van der Waals surface area contributed by atoms with Crippen LogP contribution >= 0.6 is 11.6 Å². The summed E-state index contributed by atoms with van der Waals surface area (Å²) >= 11 is 6.26. The molecule has 0 bridgehead atoms. The van der Waals surface area contributed by atoms with Crippen molar-refractivity contribution >= 4 is 34.0 Å². The molecule has 2 aromatic heterocycles. The van der Waals surface area contributed by atoms with Gasteiger partial charge in [-0.1, -0.05) is 38.8 Å². The molecular formula is C25H32ClF3N6O. The summed E-state index contributed by atoms with van der Waals surface area (Å²) in [5, 5.41) is 6.62. The number of nitrogen functional groups attached to an aromatic ring is 1. The zero-order chi connectivity index (χ0) is 26.6. The maximum absolute atomic E-state index is 16.0. The largest absolute Gasteiger partial charge is 0.467 e. The number of hydrogen-bond donors (Lipinski definition) is 3. The number of ether oxygens (including phenoxy) is 1. The number of rotatable bonds is 11. The minimum atomic E-state index is -1.18. The third-order valence-electron chi connectivity index (χ3n) is 5.81. The fourth-order valence-corrected chi connectivity index (χ4v) is 4.09. The van der Waals surface area contributed by atoms with Gasteiger partial charge in [-0.25, -0.2) is 18.2 Å². The van der Waals surface area contributed by atoms with Crippen LogP contribution in [0, 0.1) is 30.3 Å². The minimum absolute atomic E-state index is 0.0716. The molecule has 196 valence electrons. The number of nitrogens with two attached hydrogens (primary N) is 1. The van der Waals surface area contributed by atoms with Crippen LogP contribution in [0.2, 0.25) is 5.02 Å². The van der Waals surface area contributed by atoms with Gasteiger partial charge in [0.1, 0.15) is 22.7 Å². The van der Waals surface area contributed by atoms with E-state index >= 15 is 8.78 Å². The monoisotopic (exact) mass is 524 g/mol. The Labute approximate surface area is 214 Å². The lowest BCUT2D eigenvalue weighted by molar-refractivity contribution is 0.382. The van der Waals surface area contributed by atoms with Gasteiger partial charge in [0.2, 0.25) is 0 Å². The number of methoxy groups -OCH3 is 1. The lowest BCUT2D eigenvalue weighted by Gasteiger charge is -2.17. The number of nitrogens with one attached hydrogen (secondary N) is 2. The van der Waals surface area contributed by atoms with Gasteiger partial charge in [0.05, 0.1) is 28.8 Å².